The fourth-order valence-electron chi connectivity index (χ4n) is 1.68. The van der Waals surface area contributed by atoms with Crippen molar-refractivity contribution in [2.24, 2.45) is 0 Å². The van der Waals surface area contributed by atoms with Crippen molar-refractivity contribution in [2.45, 2.75) is 20.3 Å². The molecule has 0 radical (unpaired) electrons. The number of nitrogens with one attached hydrogen (secondary N) is 1. The number of nitrogens with zero attached hydrogens (tertiary/aromatic N) is 2. The zero-order valence-corrected chi connectivity index (χ0v) is 14.8. The second-order valence-corrected chi connectivity index (χ2v) is 6.24. The number of halogens is 3. The Morgan fingerprint density at radius 3 is 2.60 bits per heavy atom. The maximum atomic E-state index is 6.05. The van der Waals surface area contributed by atoms with Gasteiger partial charge < -0.3 is 5.32 Å². The quantitative estimate of drug-likeness (QED) is 0.690. The van der Waals surface area contributed by atoms with Crippen LogP contribution in [0, 0.1) is 10.5 Å². The number of hydrogen-bond acceptors (Lipinski definition) is 3. The van der Waals surface area contributed by atoms with Crippen molar-refractivity contribution in [1.29, 1.82) is 0 Å². The van der Waals surface area contributed by atoms with Gasteiger partial charge in [-0.3, -0.25) is 0 Å². The summed E-state index contributed by atoms with van der Waals surface area (Å²) in [5, 5.41) is 4.36. The second-order valence-electron chi connectivity index (χ2n) is 4.35. The van der Waals surface area contributed by atoms with Gasteiger partial charge in [-0.05, 0) is 54.1 Å². The Balaban J connectivity index is 2.45. The highest BCUT2D eigenvalue weighted by molar-refractivity contribution is 14.1. The van der Waals surface area contributed by atoms with Gasteiger partial charge in [0, 0.05) is 12.1 Å². The third kappa shape index (κ3) is 3.54. The minimum atomic E-state index is 0.507. The zero-order valence-electron chi connectivity index (χ0n) is 11.2. The van der Waals surface area contributed by atoms with Gasteiger partial charge in [0.2, 0.25) is 0 Å². The van der Waals surface area contributed by atoms with Crippen molar-refractivity contribution < 1.29 is 0 Å². The average molecular weight is 422 g/mol. The molecule has 20 heavy (non-hydrogen) atoms. The van der Waals surface area contributed by atoms with Gasteiger partial charge in [-0.15, -0.1) is 0 Å². The summed E-state index contributed by atoms with van der Waals surface area (Å²) in [7, 11) is 0. The fourth-order valence-corrected chi connectivity index (χ4v) is 2.41. The van der Waals surface area contributed by atoms with E-state index in [-0.39, 0.29) is 0 Å². The smallest absolute Gasteiger partial charge is 0.161 e. The predicted molar refractivity (Wildman–Crippen MR) is 93.7 cm³/mol. The molecular weight excluding hydrogens is 408 g/mol. The second kappa shape index (κ2) is 6.91. The highest BCUT2D eigenvalue weighted by Crippen LogP contribution is 2.29. The van der Waals surface area contributed by atoms with Crippen molar-refractivity contribution in [1.82, 2.24) is 9.97 Å². The summed E-state index contributed by atoms with van der Waals surface area (Å²) in [5.41, 5.74) is 1.80. The van der Waals surface area contributed by atoms with E-state index < -0.39 is 0 Å². The number of hydrogen-bond donors (Lipinski definition) is 1. The molecule has 106 valence electrons. The van der Waals surface area contributed by atoms with Gasteiger partial charge >= 0.3 is 0 Å². The summed E-state index contributed by atoms with van der Waals surface area (Å²) in [6, 6.07) is 5.42. The van der Waals surface area contributed by atoms with Crippen molar-refractivity contribution in [3.8, 4) is 11.4 Å². The van der Waals surface area contributed by atoms with E-state index >= 15 is 0 Å². The van der Waals surface area contributed by atoms with E-state index in [1.54, 1.807) is 12.1 Å². The lowest BCUT2D eigenvalue weighted by Crippen LogP contribution is -2.07. The molecule has 2 rings (SSSR count). The van der Waals surface area contributed by atoms with Gasteiger partial charge in [0.15, 0.2) is 5.82 Å². The van der Waals surface area contributed by atoms with Crippen LogP contribution >= 0.6 is 45.8 Å². The predicted octanol–water partition coefficient (Wildman–Crippen LogP) is 5.19. The number of aromatic nitrogens is 2. The Morgan fingerprint density at radius 1 is 1.20 bits per heavy atom. The number of rotatable bonds is 4. The first-order valence-electron chi connectivity index (χ1n) is 6.26. The molecule has 0 saturated heterocycles. The molecule has 0 saturated carbocycles. The molecule has 1 N–H and O–H groups in total. The molecule has 1 aromatic heterocycles. The maximum Gasteiger partial charge on any atom is 0.161 e. The minimum absolute atomic E-state index is 0.507. The van der Waals surface area contributed by atoms with Gasteiger partial charge in [-0.25, -0.2) is 9.97 Å². The fraction of sp³-hybridized carbons (Fsp3) is 0.286. The van der Waals surface area contributed by atoms with E-state index in [4.69, 9.17) is 23.2 Å². The molecule has 0 aliphatic rings. The van der Waals surface area contributed by atoms with Crippen LogP contribution in [0.15, 0.2) is 18.2 Å². The Morgan fingerprint density at radius 2 is 1.95 bits per heavy atom. The molecule has 0 aliphatic carbocycles. The SMILES string of the molecule is CCCNc1nc(-c2ccc(Cl)c(Cl)c2)nc(C)c1I. The highest BCUT2D eigenvalue weighted by atomic mass is 127. The maximum absolute atomic E-state index is 6.05. The third-order valence-electron chi connectivity index (χ3n) is 2.74. The van der Waals surface area contributed by atoms with Crippen LogP contribution in [0.25, 0.3) is 11.4 Å². The van der Waals surface area contributed by atoms with E-state index in [0.29, 0.717) is 15.9 Å². The lowest BCUT2D eigenvalue weighted by molar-refractivity contribution is 0.958. The highest BCUT2D eigenvalue weighted by Gasteiger charge is 2.11. The molecule has 3 nitrogen and oxygen atoms in total. The summed E-state index contributed by atoms with van der Waals surface area (Å²) in [6.07, 6.45) is 1.04. The Kier molecular flexibility index (Phi) is 5.46. The summed E-state index contributed by atoms with van der Waals surface area (Å²) in [6.45, 7) is 4.97. The van der Waals surface area contributed by atoms with Crippen LogP contribution in [0.3, 0.4) is 0 Å². The van der Waals surface area contributed by atoms with Crippen LogP contribution in [0.2, 0.25) is 10.0 Å². The van der Waals surface area contributed by atoms with Crippen LogP contribution in [0.1, 0.15) is 19.0 Å². The normalized spacial score (nSPS) is 10.7. The number of anilines is 1. The Labute approximate surface area is 142 Å². The van der Waals surface area contributed by atoms with Gasteiger partial charge in [-0.2, -0.15) is 0 Å². The Bertz CT molecular complexity index is 632. The number of benzene rings is 1. The van der Waals surface area contributed by atoms with Gasteiger partial charge in [-0.1, -0.05) is 30.1 Å². The van der Waals surface area contributed by atoms with Crippen molar-refractivity contribution in [3.63, 3.8) is 0 Å². The van der Waals surface area contributed by atoms with Crippen LogP contribution in [0.5, 0.6) is 0 Å². The summed E-state index contributed by atoms with van der Waals surface area (Å²) in [4.78, 5) is 9.10. The van der Waals surface area contributed by atoms with Crippen molar-refractivity contribution in [3.05, 3.63) is 37.5 Å². The standard InChI is InChI=1S/C14H14Cl2IN3/c1-3-6-18-14-12(17)8(2)19-13(20-14)9-4-5-10(15)11(16)7-9/h4-5,7H,3,6H2,1-2H3,(H,18,19,20). The monoisotopic (exact) mass is 421 g/mol. The van der Waals surface area contributed by atoms with Crippen molar-refractivity contribution >= 4 is 51.6 Å². The zero-order chi connectivity index (χ0) is 14.7. The minimum Gasteiger partial charge on any atom is -0.369 e. The molecule has 0 aliphatic heterocycles. The molecule has 0 unspecified atom stereocenters. The summed E-state index contributed by atoms with van der Waals surface area (Å²) in [5.74, 6) is 1.51. The molecule has 0 atom stereocenters. The van der Waals surface area contributed by atoms with E-state index in [0.717, 1.165) is 33.6 Å². The average Bonchev–Trinajstić information content (AvgIpc) is 2.43. The summed E-state index contributed by atoms with van der Waals surface area (Å²) >= 11 is 14.2. The van der Waals surface area contributed by atoms with Crippen molar-refractivity contribution in [2.75, 3.05) is 11.9 Å². The third-order valence-corrected chi connectivity index (χ3v) is 4.77. The van der Waals surface area contributed by atoms with Crippen LogP contribution in [-0.2, 0) is 0 Å². The molecule has 1 heterocycles. The first-order chi connectivity index (χ1) is 9.52. The molecule has 1 aromatic carbocycles. The van der Waals surface area contributed by atoms with E-state index in [1.165, 1.54) is 0 Å². The van der Waals surface area contributed by atoms with Crippen LogP contribution < -0.4 is 5.32 Å². The molecule has 0 bridgehead atoms. The summed E-state index contributed by atoms with van der Waals surface area (Å²) < 4.78 is 1.04. The molecule has 0 spiro atoms. The lowest BCUT2D eigenvalue weighted by Gasteiger charge is -2.11. The molecular formula is C14H14Cl2IN3. The molecule has 0 fully saturated rings. The molecule has 6 heteroatoms. The van der Waals surface area contributed by atoms with E-state index in [2.05, 4.69) is 44.8 Å². The van der Waals surface area contributed by atoms with E-state index in [9.17, 15) is 0 Å². The topological polar surface area (TPSA) is 37.8 Å². The van der Waals surface area contributed by atoms with Gasteiger partial charge in [0.05, 0.1) is 19.3 Å². The Hall–Kier alpha value is -0.590. The van der Waals surface area contributed by atoms with Gasteiger partial charge in [0.1, 0.15) is 5.82 Å². The van der Waals surface area contributed by atoms with Gasteiger partial charge in [0.25, 0.3) is 0 Å². The van der Waals surface area contributed by atoms with Crippen LogP contribution in [0.4, 0.5) is 5.82 Å². The first kappa shape index (κ1) is 15.8. The van der Waals surface area contributed by atoms with E-state index in [1.807, 2.05) is 13.0 Å². The first-order valence-corrected chi connectivity index (χ1v) is 8.09. The molecule has 2 aromatic rings. The van der Waals surface area contributed by atoms with Crippen LogP contribution in [-0.4, -0.2) is 16.5 Å². The molecule has 0 amide bonds. The lowest BCUT2D eigenvalue weighted by atomic mass is 10.2. The largest absolute Gasteiger partial charge is 0.369 e. The number of aryl methyl sites for hydroxylation is 1.